The van der Waals surface area contributed by atoms with Gasteiger partial charge in [-0.3, -0.25) is 0 Å². The highest BCUT2D eigenvalue weighted by Crippen LogP contribution is 2.33. The van der Waals surface area contributed by atoms with Crippen LogP contribution >= 0.6 is 0 Å². The third-order valence-corrected chi connectivity index (χ3v) is 6.16. The Labute approximate surface area is 168 Å². The summed E-state index contributed by atoms with van der Waals surface area (Å²) < 4.78 is 0. The van der Waals surface area contributed by atoms with Gasteiger partial charge in [-0.25, -0.2) is 4.79 Å². The van der Waals surface area contributed by atoms with E-state index in [1.807, 2.05) is 67.6 Å². The number of carbonyl (C=O) groups is 1. The molecule has 0 unspecified atom stereocenters. The molecule has 1 atom stereocenters. The summed E-state index contributed by atoms with van der Waals surface area (Å²) in [6.45, 7) is 4.09. The maximum absolute atomic E-state index is 12.6. The van der Waals surface area contributed by atoms with Crippen LogP contribution < -0.4 is 10.6 Å². The number of carbonyl (C=O) groups excluding carboxylic acids is 1. The average molecular weight is 381 g/mol. The van der Waals surface area contributed by atoms with Gasteiger partial charge in [0.25, 0.3) is 0 Å². The van der Waals surface area contributed by atoms with Crippen molar-refractivity contribution in [1.29, 1.82) is 0 Å². The molecule has 28 heavy (non-hydrogen) atoms. The minimum atomic E-state index is -1.31. The van der Waals surface area contributed by atoms with Crippen LogP contribution in [0, 0.1) is 5.92 Å². The lowest BCUT2D eigenvalue weighted by atomic mass is 9.81. The van der Waals surface area contributed by atoms with Gasteiger partial charge < -0.3 is 15.7 Å². The number of nitrogens with one attached hydrogen (secondary N) is 2. The molecule has 0 saturated heterocycles. The molecule has 0 bridgehead atoms. The predicted molar refractivity (Wildman–Crippen MR) is 113 cm³/mol. The second-order valence-electron chi connectivity index (χ2n) is 7.96. The van der Waals surface area contributed by atoms with E-state index in [0.717, 1.165) is 29.9 Å². The molecule has 1 saturated carbocycles. The lowest BCUT2D eigenvalue weighted by molar-refractivity contribution is 0.0470. The first-order valence-corrected chi connectivity index (χ1v) is 10.4. The molecule has 1 aliphatic carbocycles. The molecule has 0 spiro atoms. The Balaban J connectivity index is 1.72. The Bertz CT molecular complexity index is 700. The fraction of sp³-hybridized carbons (Fsp3) is 0.458. The predicted octanol–water partition coefficient (Wildman–Crippen LogP) is 4.58. The highest BCUT2D eigenvalue weighted by atomic mass is 16.3. The van der Waals surface area contributed by atoms with Crippen molar-refractivity contribution < 1.29 is 9.90 Å². The fourth-order valence-electron chi connectivity index (χ4n) is 4.29. The Kier molecular flexibility index (Phi) is 6.74. The number of amides is 2. The number of rotatable bonds is 6. The van der Waals surface area contributed by atoms with Gasteiger partial charge in [0.1, 0.15) is 5.60 Å². The first kappa shape index (κ1) is 20.4. The second-order valence-corrected chi connectivity index (χ2v) is 7.96. The van der Waals surface area contributed by atoms with Gasteiger partial charge in [0, 0.05) is 6.04 Å². The van der Waals surface area contributed by atoms with E-state index < -0.39 is 11.6 Å². The molecular weight excluding hydrogens is 348 g/mol. The molecule has 2 aromatic carbocycles. The van der Waals surface area contributed by atoms with Gasteiger partial charge in [-0.2, -0.15) is 0 Å². The van der Waals surface area contributed by atoms with E-state index in [-0.39, 0.29) is 12.1 Å². The summed E-state index contributed by atoms with van der Waals surface area (Å²) in [5, 5.41) is 17.8. The van der Waals surface area contributed by atoms with Crippen LogP contribution in [0.15, 0.2) is 60.7 Å². The number of hydrogen-bond donors (Lipinski definition) is 3. The summed E-state index contributed by atoms with van der Waals surface area (Å²) >= 11 is 0. The molecule has 1 aliphatic rings. The smallest absolute Gasteiger partial charge is 0.315 e. The summed E-state index contributed by atoms with van der Waals surface area (Å²) in [6.07, 6.45) is 5.63. The number of hydrogen-bond acceptors (Lipinski definition) is 2. The van der Waals surface area contributed by atoms with Crippen molar-refractivity contribution in [1.82, 2.24) is 10.6 Å². The summed E-state index contributed by atoms with van der Waals surface area (Å²) in [5.41, 5.74) is 0.217. The van der Waals surface area contributed by atoms with Crippen molar-refractivity contribution in [2.75, 3.05) is 0 Å². The van der Waals surface area contributed by atoms with E-state index in [2.05, 4.69) is 17.6 Å². The Hall–Kier alpha value is -2.33. The third kappa shape index (κ3) is 4.56. The Morgan fingerprint density at radius 1 is 1.00 bits per heavy atom. The second kappa shape index (κ2) is 9.24. The number of benzene rings is 2. The first-order valence-electron chi connectivity index (χ1n) is 10.4. The van der Waals surface area contributed by atoms with Gasteiger partial charge in [-0.1, -0.05) is 74.0 Å². The van der Waals surface area contributed by atoms with Crippen molar-refractivity contribution in [3.8, 4) is 0 Å². The molecule has 3 rings (SSSR count). The lowest BCUT2D eigenvalue weighted by Crippen LogP contribution is -2.54. The molecule has 3 N–H and O–H groups in total. The highest BCUT2D eigenvalue weighted by molar-refractivity contribution is 5.75. The van der Waals surface area contributed by atoms with Crippen molar-refractivity contribution in [2.24, 2.45) is 5.92 Å². The van der Waals surface area contributed by atoms with Crippen molar-refractivity contribution in [3.05, 3.63) is 71.8 Å². The zero-order valence-electron chi connectivity index (χ0n) is 16.9. The lowest BCUT2D eigenvalue weighted by Gasteiger charge is -2.36. The van der Waals surface area contributed by atoms with Gasteiger partial charge in [0.15, 0.2) is 0 Å². The molecule has 4 nitrogen and oxygen atoms in total. The van der Waals surface area contributed by atoms with Crippen LogP contribution in [0.25, 0.3) is 0 Å². The molecule has 1 fully saturated rings. The maximum atomic E-state index is 12.6. The maximum Gasteiger partial charge on any atom is 0.315 e. The van der Waals surface area contributed by atoms with Crippen molar-refractivity contribution in [2.45, 2.75) is 63.6 Å². The zero-order chi connectivity index (χ0) is 20.0. The Morgan fingerprint density at radius 2 is 1.50 bits per heavy atom. The minimum Gasteiger partial charge on any atom is -0.378 e. The van der Waals surface area contributed by atoms with Crippen LogP contribution in [0.3, 0.4) is 0 Å². The topological polar surface area (TPSA) is 61.4 Å². The molecule has 2 aromatic rings. The average Bonchev–Trinajstić information content (AvgIpc) is 2.74. The van der Waals surface area contributed by atoms with E-state index in [9.17, 15) is 9.90 Å². The van der Waals surface area contributed by atoms with E-state index in [0.29, 0.717) is 0 Å². The molecule has 0 heterocycles. The summed E-state index contributed by atoms with van der Waals surface area (Å²) in [5.74, 6) is 0.793. The van der Waals surface area contributed by atoms with E-state index >= 15 is 0 Å². The van der Waals surface area contributed by atoms with E-state index in [1.54, 1.807) is 0 Å². The van der Waals surface area contributed by atoms with Gasteiger partial charge in [0.2, 0.25) is 0 Å². The normalized spacial score (nSPS) is 21.0. The number of aliphatic hydroxyl groups is 1. The molecule has 4 heteroatoms. The molecule has 2 amide bonds. The van der Waals surface area contributed by atoms with Crippen LogP contribution in [-0.2, 0) is 5.60 Å². The van der Waals surface area contributed by atoms with Crippen molar-refractivity contribution >= 4 is 6.03 Å². The Morgan fingerprint density at radius 3 is 1.96 bits per heavy atom. The van der Waals surface area contributed by atoms with Crippen LogP contribution in [-0.4, -0.2) is 23.2 Å². The summed E-state index contributed by atoms with van der Waals surface area (Å²) in [6, 6.07) is 18.6. The monoisotopic (exact) mass is 380 g/mol. The molecule has 150 valence electrons. The quantitative estimate of drug-likeness (QED) is 0.687. The first-order chi connectivity index (χ1) is 13.5. The van der Waals surface area contributed by atoms with Gasteiger partial charge in [0.05, 0.1) is 6.04 Å². The van der Waals surface area contributed by atoms with Crippen molar-refractivity contribution in [3.63, 3.8) is 0 Å². The molecule has 0 radical (unpaired) electrons. The van der Waals surface area contributed by atoms with Crippen LogP contribution in [0.2, 0.25) is 0 Å². The number of urea groups is 1. The van der Waals surface area contributed by atoms with Gasteiger partial charge in [-0.15, -0.1) is 0 Å². The van der Waals surface area contributed by atoms with Crippen LogP contribution in [0.1, 0.15) is 57.1 Å². The minimum absolute atomic E-state index is 0.210. The molecule has 0 aliphatic heterocycles. The largest absolute Gasteiger partial charge is 0.378 e. The summed E-state index contributed by atoms with van der Waals surface area (Å²) in [4.78, 5) is 12.6. The standard InChI is InChI=1S/C24H32N2O2/c1-3-19-14-16-22(17-15-19)26-23(27)25-18(2)24(28,20-10-6-4-7-11-20)21-12-8-5-9-13-21/h4-13,18-19,22,28H,3,14-17H2,1-2H3,(H2,25,26,27)/t18-,19?,22?/m1/s1. The SMILES string of the molecule is CCC1CCC(NC(=O)N[C@H](C)C(O)(c2ccccc2)c2ccccc2)CC1. The highest BCUT2D eigenvalue weighted by Gasteiger charge is 2.38. The van der Waals surface area contributed by atoms with Gasteiger partial charge >= 0.3 is 6.03 Å². The van der Waals surface area contributed by atoms with E-state index in [4.69, 9.17) is 0 Å². The zero-order valence-corrected chi connectivity index (χ0v) is 16.9. The summed E-state index contributed by atoms with van der Waals surface area (Å²) in [7, 11) is 0. The van der Waals surface area contributed by atoms with Crippen LogP contribution in [0.5, 0.6) is 0 Å². The fourth-order valence-corrected chi connectivity index (χ4v) is 4.29. The van der Waals surface area contributed by atoms with E-state index in [1.165, 1.54) is 19.3 Å². The third-order valence-electron chi connectivity index (χ3n) is 6.16. The van der Waals surface area contributed by atoms with Crippen LogP contribution in [0.4, 0.5) is 4.79 Å². The van der Waals surface area contributed by atoms with Gasteiger partial charge in [-0.05, 0) is 49.7 Å². The molecule has 0 aromatic heterocycles. The molecular formula is C24H32N2O2.